The average Bonchev–Trinajstić information content (AvgIpc) is 2.50. The summed E-state index contributed by atoms with van der Waals surface area (Å²) in [5.41, 5.74) is 6.65. The molecule has 3 atom stereocenters. The number of carbonyl (C=O) groups excluding carboxylic acids is 2. The lowest BCUT2D eigenvalue weighted by Gasteiger charge is -2.24. The average molecular weight is 277 g/mol. The van der Waals surface area contributed by atoms with Gasteiger partial charge < -0.3 is 16.4 Å². The first-order valence-corrected chi connectivity index (χ1v) is 6.83. The number of hydrogen-bond donors (Lipinski definition) is 3. The molecule has 3 unspecified atom stereocenters. The Kier molecular flexibility index (Phi) is 6.18. The van der Waals surface area contributed by atoms with E-state index in [-0.39, 0.29) is 17.7 Å². The molecule has 110 valence electrons. The van der Waals surface area contributed by atoms with Crippen LogP contribution in [0, 0.1) is 5.92 Å². The highest BCUT2D eigenvalue weighted by atomic mass is 16.2. The van der Waals surface area contributed by atoms with Crippen molar-refractivity contribution in [2.75, 3.05) is 7.05 Å². The standard InChI is InChI=1S/C15H23N3O2/c1-4-10(2)13(15(20)17-3)18-14(19)12(16)11-8-6-5-7-9-11/h5-10,12-13H,4,16H2,1-3H3,(H,17,20)(H,18,19). The van der Waals surface area contributed by atoms with Gasteiger partial charge >= 0.3 is 0 Å². The Morgan fingerprint density at radius 1 is 1.20 bits per heavy atom. The fourth-order valence-corrected chi connectivity index (χ4v) is 1.91. The molecule has 20 heavy (non-hydrogen) atoms. The lowest BCUT2D eigenvalue weighted by molar-refractivity contribution is -0.130. The van der Waals surface area contributed by atoms with Gasteiger partial charge in [-0.2, -0.15) is 0 Å². The Morgan fingerprint density at radius 2 is 1.80 bits per heavy atom. The summed E-state index contributed by atoms with van der Waals surface area (Å²) < 4.78 is 0. The van der Waals surface area contributed by atoms with Crippen molar-refractivity contribution in [1.82, 2.24) is 10.6 Å². The Balaban J connectivity index is 2.78. The summed E-state index contributed by atoms with van der Waals surface area (Å²) in [7, 11) is 1.56. The van der Waals surface area contributed by atoms with Gasteiger partial charge in [-0.15, -0.1) is 0 Å². The normalized spacial score (nSPS) is 15.0. The van der Waals surface area contributed by atoms with Gasteiger partial charge in [-0.05, 0) is 11.5 Å². The number of nitrogens with one attached hydrogen (secondary N) is 2. The topological polar surface area (TPSA) is 84.2 Å². The summed E-state index contributed by atoms with van der Waals surface area (Å²) in [6, 6.07) is 7.77. The van der Waals surface area contributed by atoms with Crippen molar-refractivity contribution in [3.05, 3.63) is 35.9 Å². The Morgan fingerprint density at radius 3 is 2.30 bits per heavy atom. The molecule has 5 heteroatoms. The maximum absolute atomic E-state index is 12.2. The van der Waals surface area contributed by atoms with E-state index < -0.39 is 12.1 Å². The number of benzene rings is 1. The molecule has 0 fully saturated rings. The number of nitrogens with two attached hydrogens (primary N) is 1. The fraction of sp³-hybridized carbons (Fsp3) is 0.467. The van der Waals surface area contributed by atoms with Crippen LogP contribution in [0.25, 0.3) is 0 Å². The van der Waals surface area contributed by atoms with E-state index in [2.05, 4.69) is 10.6 Å². The van der Waals surface area contributed by atoms with Crippen molar-refractivity contribution >= 4 is 11.8 Å². The van der Waals surface area contributed by atoms with Gasteiger partial charge in [-0.1, -0.05) is 50.6 Å². The van der Waals surface area contributed by atoms with Gasteiger partial charge in [0, 0.05) is 7.05 Å². The maximum atomic E-state index is 12.2. The molecule has 0 heterocycles. The summed E-state index contributed by atoms with van der Waals surface area (Å²) in [4.78, 5) is 24.0. The van der Waals surface area contributed by atoms with Crippen LogP contribution >= 0.6 is 0 Å². The maximum Gasteiger partial charge on any atom is 0.242 e. The molecule has 2 amide bonds. The zero-order chi connectivity index (χ0) is 15.1. The first-order valence-electron chi connectivity index (χ1n) is 6.83. The lowest BCUT2D eigenvalue weighted by Crippen LogP contribution is -2.51. The van der Waals surface area contributed by atoms with Crippen LogP contribution in [-0.2, 0) is 9.59 Å². The van der Waals surface area contributed by atoms with Crippen LogP contribution in [0.15, 0.2) is 30.3 Å². The molecule has 0 saturated carbocycles. The van der Waals surface area contributed by atoms with Crippen molar-refractivity contribution in [1.29, 1.82) is 0 Å². The van der Waals surface area contributed by atoms with E-state index in [1.54, 1.807) is 19.2 Å². The molecule has 1 aromatic carbocycles. The molecule has 0 bridgehead atoms. The summed E-state index contributed by atoms with van der Waals surface area (Å²) in [6.07, 6.45) is 0.791. The summed E-state index contributed by atoms with van der Waals surface area (Å²) in [6.45, 7) is 3.90. The predicted molar refractivity (Wildman–Crippen MR) is 78.8 cm³/mol. The molecule has 0 spiro atoms. The second kappa shape index (κ2) is 7.65. The summed E-state index contributed by atoms with van der Waals surface area (Å²) in [5, 5.41) is 5.31. The number of amides is 2. The van der Waals surface area contributed by atoms with E-state index in [1.807, 2.05) is 32.0 Å². The molecule has 5 nitrogen and oxygen atoms in total. The third kappa shape index (κ3) is 4.06. The van der Waals surface area contributed by atoms with Gasteiger partial charge in [-0.25, -0.2) is 0 Å². The third-order valence-corrected chi connectivity index (χ3v) is 3.48. The van der Waals surface area contributed by atoms with Crippen LogP contribution in [-0.4, -0.2) is 24.9 Å². The second-order valence-electron chi connectivity index (χ2n) is 4.87. The monoisotopic (exact) mass is 277 g/mol. The van der Waals surface area contributed by atoms with E-state index >= 15 is 0 Å². The van der Waals surface area contributed by atoms with E-state index in [4.69, 9.17) is 5.73 Å². The summed E-state index contributed by atoms with van der Waals surface area (Å²) in [5.74, 6) is -0.500. The lowest BCUT2D eigenvalue weighted by atomic mass is 9.97. The smallest absolute Gasteiger partial charge is 0.242 e. The molecule has 1 rings (SSSR count). The molecule has 0 aliphatic heterocycles. The highest BCUT2D eigenvalue weighted by Gasteiger charge is 2.27. The Labute approximate surface area is 119 Å². The van der Waals surface area contributed by atoms with E-state index in [0.717, 1.165) is 12.0 Å². The van der Waals surface area contributed by atoms with E-state index in [0.29, 0.717) is 0 Å². The van der Waals surface area contributed by atoms with Crippen molar-refractivity contribution in [3.8, 4) is 0 Å². The summed E-state index contributed by atoms with van der Waals surface area (Å²) >= 11 is 0. The van der Waals surface area contributed by atoms with E-state index in [9.17, 15) is 9.59 Å². The molecule has 0 aliphatic carbocycles. The molecule has 0 aromatic heterocycles. The highest BCUT2D eigenvalue weighted by Crippen LogP contribution is 2.12. The van der Waals surface area contributed by atoms with Gasteiger partial charge in [0.25, 0.3) is 0 Å². The molecular formula is C15H23N3O2. The van der Waals surface area contributed by atoms with Crippen LogP contribution in [0.1, 0.15) is 31.9 Å². The molecule has 4 N–H and O–H groups in total. The highest BCUT2D eigenvalue weighted by molar-refractivity contribution is 5.90. The van der Waals surface area contributed by atoms with Crippen molar-refractivity contribution < 1.29 is 9.59 Å². The molecule has 0 saturated heterocycles. The minimum absolute atomic E-state index is 0.0434. The van der Waals surface area contributed by atoms with Gasteiger partial charge in [-0.3, -0.25) is 9.59 Å². The zero-order valence-electron chi connectivity index (χ0n) is 12.2. The largest absolute Gasteiger partial charge is 0.357 e. The van der Waals surface area contributed by atoms with Gasteiger partial charge in [0.05, 0.1) is 0 Å². The predicted octanol–water partition coefficient (Wildman–Crippen LogP) is 0.963. The quantitative estimate of drug-likeness (QED) is 0.724. The van der Waals surface area contributed by atoms with Crippen LogP contribution < -0.4 is 16.4 Å². The first kappa shape index (κ1) is 16.2. The number of rotatable bonds is 6. The van der Waals surface area contributed by atoms with Crippen molar-refractivity contribution in [2.24, 2.45) is 11.7 Å². The number of carbonyl (C=O) groups is 2. The number of likely N-dealkylation sites (N-methyl/N-ethyl adjacent to an activating group) is 1. The SMILES string of the molecule is CCC(C)C(NC(=O)C(N)c1ccccc1)C(=O)NC. The minimum Gasteiger partial charge on any atom is -0.357 e. The Bertz CT molecular complexity index is 448. The van der Waals surface area contributed by atoms with Crippen molar-refractivity contribution in [2.45, 2.75) is 32.4 Å². The van der Waals surface area contributed by atoms with Crippen LogP contribution in [0.2, 0.25) is 0 Å². The molecule has 1 aromatic rings. The van der Waals surface area contributed by atoms with Crippen molar-refractivity contribution in [3.63, 3.8) is 0 Å². The van der Waals surface area contributed by atoms with E-state index in [1.165, 1.54) is 0 Å². The molecular weight excluding hydrogens is 254 g/mol. The molecule has 0 aliphatic rings. The third-order valence-electron chi connectivity index (χ3n) is 3.48. The zero-order valence-corrected chi connectivity index (χ0v) is 12.2. The fourth-order valence-electron chi connectivity index (χ4n) is 1.91. The number of hydrogen-bond acceptors (Lipinski definition) is 3. The van der Waals surface area contributed by atoms with Gasteiger partial charge in [0.2, 0.25) is 11.8 Å². The van der Waals surface area contributed by atoms with Crippen LogP contribution in [0.5, 0.6) is 0 Å². The van der Waals surface area contributed by atoms with Gasteiger partial charge in [0.15, 0.2) is 0 Å². The second-order valence-corrected chi connectivity index (χ2v) is 4.87. The first-order chi connectivity index (χ1) is 9.51. The van der Waals surface area contributed by atoms with Crippen LogP contribution in [0.4, 0.5) is 0 Å². The molecule has 0 radical (unpaired) electrons. The Hall–Kier alpha value is -1.88. The minimum atomic E-state index is -0.771. The van der Waals surface area contributed by atoms with Gasteiger partial charge in [0.1, 0.15) is 12.1 Å². The van der Waals surface area contributed by atoms with Crippen LogP contribution in [0.3, 0.4) is 0 Å².